The summed E-state index contributed by atoms with van der Waals surface area (Å²) in [5.74, 6) is -0.957. The molecular weight excluding hydrogens is 326 g/mol. The first-order valence-electron chi connectivity index (χ1n) is 8.87. The highest BCUT2D eigenvalue weighted by Gasteiger charge is 2.02. The third-order valence-corrected chi connectivity index (χ3v) is 2.93. The molecule has 0 heterocycles. The number of carbonyl (C=O) groups is 1. The molecule has 2 aromatic rings. The number of nitrogens with one attached hydrogen (secondary N) is 1. The molecule has 0 aliphatic rings. The number of hydrogen-bond donors (Lipinski definition) is 2. The molecule has 2 N–H and O–H groups in total. The number of carboxylic acids is 1. The fourth-order valence-electron chi connectivity index (χ4n) is 1.76. The van der Waals surface area contributed by atoms with Crippen LogP contribution in [0.2, 0.25) is 0 Å². The number of aromatic carboxylic acids is 1. The molecule has 0 atom stereocenters. The molecule has 0 unspecified atom stereocenters. The molecule has 0 aliphatic carbocycles. The third kappa shape index (κ3) is 8.87. The molecule has 5 nitrogen and oxygen atoms in total. The van der Waals surface area contributed by atoms with E-state index in [-0.39, 0.29) is 5.56 Å². The Balaban J connectivity index is 0.00000113. The van der Waals surface area contributed by atoms with Gasteiger partial charge in [-0.15, -0.1) is 0 Å². The molecular formula is C21H31N3O2. The minimum Gasteiger partial charge on any atom is -0.478 e. The van der Waals surface area contributed by atoms with Crippen molar-refractivity contribution in [3.8, 4) is 0 Å². The van der Waals surface area contributed by atoms with Crippen LogP contribution < -0.4 is 10.3 Å². The minimum atomic E-state index is -0.957. The maximum absolute atomic E-state index is 10.9. The Morgan fingerprint density at radius 2 is 1.69 bits per heavy atom. The van der Waals surface area contributed by atoms with Crippen molar-refractivity contribution in [2.45, 2.75) is 34.1 Å². The Morgan fingerprint density at radius 3 is 2.19 bits per heavy atom. The van der Waals surface area contributed by atoms with Crippen molar-refractivity contribution >= 4 is 23.6 Å². The van der Waals surface area contributed by atoms with Crippen molar-refractivity contribution in [3.63, 3.8) is 0 Å². The summed E-state index contributed by atoms with van der Waals surface area (Å²) >= 11 is 0. The molecule has 2 rings (SSSR count). The summed E-state index contributed by atoms with van der Waals surface area (Å²) in [4.78, 5) is 12.9. The van der Waals surface area contributed by atoms with Crippen LogP contribution in [-0.2, 0) is 0 Å². The van der Waals surface area contributed by atoms with Crippen molar-refractivity contribution in [1.82, 2.24) is 0 Å². The fraction of sp³-hybridized carbons (Fsp3) is 0.333. The van der Waals surface area contributed by atoms with Crippen molar-refractivity contribution in [2.24, 2.45) is 5.10 Å². The second-order valence-electron chi connectivity index (χ2n) is 5.45. The van der Waals surface area contributed by atoms with Gasteiger partial charge in [0.25, 0.3) is 0 Å². The van der Waals surface area contributed by atoms with Gasteiger partial charge in [0, 0.05) is 19.8 Å². The number of hydrogen-bond acceptors (Lipinski definition) is 4. The molecule has 0 bridgehead atoms. The van der Waals surface area contributed by atoms with Crippen molar-refractivity contribution in [3.05, 3.63) is 59.7 Å². The van der Waals surface area contributed by atoms with E-state index >= 15 is 0 Å². The van der Waals surface area contributed by atoms with Gasteiger partial charge in [0.15, 0.2) is 0 Å². The maximum atomic E-state index is 10.9. The van der Waals surface area contributed by atoms with E-state index in [4.69, 9.17) is 5.11 Å². The molecule has 5 heteroatoms. The van der Waals surface area contributed by atoms with Gasteiger partial charge in [-0.25, -0.2) is 4.79 Å². The molecule has 142 valence electrons. The van der Waals surface area contributed by atoms with Crippen molar-refractivity contribution in [2.75, 3.05) is 24.4 Å². The molecule has 0 amide bonds. The molecule has 0 saturated heterocycles. The van der Waals surface area contributed by atoms with Crippen molar-refractivity contribution in [1.29, 1.82) is 0 Å². The quantitative estimate of drug-likeness (QED) is 0.560. The Hall–Kier alpha value is -2.82. The van der Waals surface area contributed by atoms with E-state index in [1.54, 1.807) is 18.3 Å². The maximum Gasteiger partial charge on any atom is 0.335 e. The van der Waals surface area contributed by atoms with E-state index in [9.17, 15) is 4.79 Å². The SMILES string of the molecule is CC.CCC.CN(C)c1ccc(/C=N/Nc2cccc(C(=O)O)c2)cc1. The number of benzene rings is 2. The van der Waals surface area contributed by atoms with E-state index in [0.29, 0.717) is 5.69 Å². The monoisotopic (exact) mass is 357 g/mol. The Bertz CT molecular complexity index is 665. The lowest BCUT2D eigenvalue weighted by atomic mass is 10.2. The number of hydrazone groups is 1. The van der Waals surface area contributed by atoms with Gasteiger partial charge in [-0.05, 0) is 35.9 Å². The summed E-state index contributed by atoms with van der Waals surface area (Å²) in [6.07, 6.45) is 2.94. The molecule has 0 fully saturated rings. The standard InChI is InChI=1S/C16H17N3O2.C3H8.C2H6/c1-19(2)15-8-6-12(7-9-15)11-17-18-14-5-3-4-13(10-14)16(20)21;1-3-2;1-2/h3-11,18H,1-2H3,(H,20,21);3H2,1-2H3;1-2H3/b17-11+;;. The van der Waals surface area contributed by atoms with E-state index in [2.05, 4.69) is 24.4 Å². The summed E-state index contributed by atoms with van der Waals surface area (Å²) < 4.78 is 0. The van der Waals surface area contributed by atoms with E-state index in [1.807, 2.05) is 57.1 Å². The van der Waals surface area contributed by atoms with Gasteiger partial charge in [-0.2, -0.15) is 5.10 Å². The number of anilines is 2. The lowest BCUT2D eigenvalue weighted by Crippen LogP contribution is -2.08. The predicted molar refractivity (Wildman–Crippen MR) is 113 cm³/mol. The highest BCUT2D eigenvalue weighted by Crippen LogP contribution is 2.12. The normalized spacial score (nSPS) is 9.46. The number of carboxylic acid groups (broad SMARTS) is 1. The fourth-order valence-corrected chi connectivity index (χ4v) is 1.76. The van der Waals surface area contributed by atoms with Crippen LogP contribution in [0.5, 0.6) is 0 Å². The highest BCUT2D eigenvalue weighted by molar-refractivity contribution is 5.89. The first kappa shape index (κ1) is 23.2. The summed E-state index contributed by atoms with van der Waals surface area (Å²) in [5.41, 5.74) is 5.76. The molecule has 0 aliphatic heterocycles. The first-order chi connectivity index (χ1) is 12.5. The van der Waals surface area contributed by atoms with Crippen molar-refractivity contribution < 1.29 is 9.90 Å². The number of rotatable bonds is 5. The van der Waals surface area contributed by atoms with E-state index in [1.165, 1.54) is 18.6 Å². The average Bonchev–Trinajstić information content (AvgIpc) is 2.65. The van der Waals surface area contributed by atoms with Gasteiger partial charge in [0.1, 0.15) is 0 Å². The second kappa shape index (κ2) is 13.5. The van der Waals surface area contributed by atoms with Crippen LogP contribution in [0.15, 0.2) is 53.6 Å². The molecule has 26 heavy (non-hydrogen) atoms. The van der Waals surface area contributed by atoms with E-state index in [0.717, 1.165) is 11.3 Å². The highest BCUT2D eigenvalue weighted by atomic mass is 16.4. The van der Waals surface area contributed by atoms with Crippen LogP contribution >= 0.6 is 0 Å². The zero-order chi connectivity index (χ0) is 19.9. The minimum absolute atomic E-state index is 0.227. The first-order valence-corrected chi connectivity index (χ1v) is 8.87. The van der Waals surface area contributed by atoms with E-state index < -0.39 is 5.97 Å². The van der Waals surface area contributed by atoms with Crippen LogP contribution in [0.1, 0.15) is 50.0 Å². The smallest absolute Gasteiger partial charge is 0.335 e. The van der Waals surface area contributed by atoms with Gasteiger partial charge in [-0.1, -0.05) is 52.3 Å². The molecule has 0 spiro atoms. The second-order valence-corrected chi connectivity index (χ2v) is 5.45. The summed E-state index contributed by atoms with van der Waals surface area (Å²) in [5, 5.41) is 13.0. The zero-order valence-corrected chi connectivity index (χ0v) is 16.7. The lowest BCUT2D eigenvalue weighted by molar-refractivity contribution is 0.0697. The third-order valence-electron chi connectivity index (χ3n) is 2.93. The van der Waals surface area contributed by atoms with Gasteiger partial charge in [0.2, 0.25) is 0 Å². The largest absolute Gasteiger partial charge is 0.478 e. The lowest BCUT2D eigenvalue weighted by Gasteiger charge is -2.11. The zero-order valence-electron chi connectivity index (χ0n) is 16.7. The van der Waals surface area contributed by atoms with Crippen LogP contribution in [0, 0.1) is 0 Å². The average molecular weight is 357 g/mol. The molecule has 0 radical (unpaired) electrons. The molecule has 0 aromatic heterocycles. The molecule has 0 saturated carbocycles. The van der Waals surface area contributed by atoms with Crippen LogP contribution in [0.3, 0.4) is 0 Å². The van der Waals surface area contributed by atoms with Crippen LogP contribution in [0.4, 0.5) is 11.4 Å². The summed E-state index contributed by atoms with van der Waals surface area (Å²) in [7, 11) is 3.97. The van der Waals surface area contributed by atoms with Crippen LogP contribution in [0.25, 0.3) is 0 Å². The van der Waals surface area contributed by atoms with Crippen LogP contribution in [-0.4, -0.2) is 31.4 Å². The van der Waals surface area contributed by atoms with Gasteiger partial charge in [-0.3, -0.25) is 5.43 Å². The van der Waals surface area contributed by atoms with Gasteiger partial charge < -0.3 is 10.0 Å². The Kier molecular flexibility index (Phi) is 12.0. The summed E-state index contributed by atoms with van der Waals surface area (Å²) in [6, 6.07) is 14.5. The topological polar surface area (TPSA) is 64.9 Å². The Labute approximate surface area is 157 Å². The predicted octanol–water partition coefficient (Wildman–Crippen LogP) is 5.34. The number of nitrogens with zero attached hydrogens (tertiary/aromatic N) is 2. The molecule has 2 aromatic carbocycles. The Morgan fingerprint density at radius 1 is 1.12 bits per heavy atom. The summed E-state index contributed by atoms with van der Waals surface area (Å²) in [6.45, 7) is 8.25. The van der Waals surface area contributed by atoms with Gasteiger partial charge >= 0.3 is 5.97 Å². The van der Waals surface area contributed by atoms with Gasteiger partial charge in [0.05, 0.1) is 17.5 Å².